The average Bonchev–Trinajstić information content (AvgIpc) is 2.57. The van der Waals surface area contributed by atoms with Crippen LogP contribution in [-0.4, -0.2) is 35.7 Å². The van der Waals surface area contributed by atoms with Crippen molar-refractivity contribution in [3.63, 3.8) is 0 Å². The molecule has 1 saturated carbocycles. The van der Waals surface area contributed by atoms with E-state index in [2.05, 4.69) is 22.0 Å². The molecule has 116 valence electrons. The maximum absolute atomic E-state index is 5.68. The number of rotatable bonds is 5. The molecule has 1 aromatic heterocycles. The van der Waals surface area contributed by atoms with E-state index in [0.717, 1.165) is 25.8 Å². The molecule has 21 heavy (non-hydrogen) atoms. The van der Waals surface area contributed by atoms with E-state index >= 15 is 0 Å². The summed E-state index contributed by atoms with van der Waals surface area (Å²) < 4.78 is 5.68. The highest BCUT2D eigenvalue weighted by Gasteiger charge is 2.25. The summed E-state index contributed by atoms with van der Waals surface area (Å²) in [6, 6.07) is 7.02. The van der Waals surface area contributed by atoms with Crippen molar-refractivity contribution in [2.75, 3.05) is 19.8 Å². The third-order valence-electron chi connectivity index (χ3n) is 4.93. The average molecular weight is 288 g/mol. The van der Waals surface area contributed by atoms with Gasteiger partial charge < -0.3 is 4.74 Å². The largest absolute Gasteiger partial charge is 0.381 e. The van der Waals surface area contributed by atoms with E-state index in [1.807, 2.05) is 12.3 Å². The summed E-state index contributed by atoms with van der Waals surface area (Å²) >= 11 is 0. The molecule has 0 bridgehead atoms. The third kappa shape index (κ3) is 4.52. The van der Waals surface area contributed by atoms with E-state index < -0.39 is 0 Å². The Labute approximate surface area is 128 Å². The van der Waals surface area contributed by atoms with Crippen LogP contribution in [-0.2, 0) is 11.3 Å². The standard InChI is InChI=1S/C18H28N2O/c1-2-9-18(10-3-1)20(13-16-7-6-12-21-15-16)14-17-8-4-5-11-19-17/h4-5,8,11,16,18H,1-3,6-7,9-10,12-15H2/t16-/m0/s1. The van der Waals surface area contributed by atoms with Gasteiger partial charge in [0.1, 0.15) is 0 Å². The highest BCUT2D eigenvalue weighted by atomic mass is 16.5. The van der Waals surface area contributed by atoms with Crippen LogP contribution < -0.4 is 0 Å². The summed E-state index contributed by atoms with van der Waals surface area (Å²) in [4.78, 5) is 7.23. The van der Waals surface area contributed by atoms with Crippen LogP contribution in [0.5, 0.6) is 0 Å². The number of hydrogen-bond acceptors (Lipinski definition) is 3. The number of ether oxygens (including phenoxy) is 1. The summed E-state index contributed by atoms with van der Waals surface area (Å²) in [6.07, 6.45) is 11.4. The first-order valence-corrected chi connectivity index (χ1v) is 8.63. The summed E-state index contributed by atoms with van der Waals surface area (Å²) in [5, 5.41) is 0. The Balaban J connectivity index is 1.64. The first-order valence-electron chi connectivity index (χ1n) is 8.63. The fourth-order valence-corrected chi connectivity index (χ4v) is 3.77. The molecule has 0 unspecified atom stereocenters. The zero-order valence-corrected chi connectivity index (χ0v) is 13.0. The molecule has 1 saturated heterocycles. The molecule has 2 fully saturated rings. The highest BCUT2D eigenvalue weighted by molar-refractivity contribution is 5.03. The zero-order valence-electron chi connectivity index (χ0n) is 13.0. The Bertz CT molecular complexity index is 397. The minimum Gasteiger partial charge on any atom is -0.381 e. The van der Waals surface area contributed by atoms with Crippen molar-refractivity contribution in [3.05, 3.63) is 30.1 Å². The second-order valence-corrected chi connectivity index (χ2v) is 6.63. The molecular formula is C18H28N2O. The number of hydrogen-bond donors (Lipinski definition) is 0. The Hall–Kier alpha value is -0.930. The number of pyridine rings is 1. The van der Waals surface area contributed by atoms with Crippen LogP contribution in [0.3, 0.4) is 0 Å². The maximum Gasteiger partial charge on any atom is 0.0544 e. The molecular weight excluding hydrogens is 260 g/mol. The lowest BCUT2D eigenvalue weighted by molar-refractivity contribution is 0.0241. The van der Waals surface area contributed by atoms with Crippen molar-refractivity contribution in [2.24, 2.45) is 5.92 Å². The van der Waals surface area contributed by atoms with E-state index in [4.69, 9.17) is 4.74 Å². The van der Waals surface area contributed by atoms with Gasteiger partial charge in [0.2, 0.25) is 0 Å². The molecule has 1 aliphatic carbocycles. The van der Waals surface area contributed by atoms with Gasteiger partial charge in [-0.05, 0) is 43.7 Å². The zero-order chi connectivity index (χ0) is 14.3. The van der Waals surface area contributed by atoms with Gasteiger partial charge in [0.15, 0.2) is 0 Å². The Morgan fingerprint density at radius 1 is 1.10 bits per heavy atom. The first-order chi connectivity index (χ1) is 10.4. The monoisotopic (exact) mass is 288 g/mol. The van der Waals surface area contributed by atoms with Crippen LogP contribution >= 0.6 is 0 Å². The molecule has 0 aromatic carbocycles. The fraction of sp³-hybridized carbons (Fsp3) is 0.722. The predicted molar refractivity (Wildman–Crippen MR) is 85.1 cm³/mol. The summed E-state index contributed by atoms with van der Waals surface area (Å²) in [6.45, 7) is 4.09. The van der Waals surface area contributed by atoms with E-state index in [1.165, 1.54) is 57.2 Å². The van der Waals surface area contributed by atoms with Crippen LogP contribution in [0, 0.1) is 5.92 Å². The van der Waals surface area contributed by atoms with Gasteiger partial charge >= 0.3 is 0 Å². The summed E-state index contributed by atoms with van der Waals surface area (Å²) in [5.74, 6) is 0.712. The second kappa shape index (κ2) is 7.90. The minimum atomic E-state index is 0.712. The van der Waals surface area contributed by atoms with Gasteiger partial charge in [0.25, 0.3) is 0 Å². The van der Waals surface area contributed by atoms with Crippen LogP contribution in [0.2, 0.25) is 0 Å². The SMILES string of the molecule is c1ccc(CN(C[C@@H]2CCCOC2)C2CCCCC2)nc1. The van der Waals surface area contributed by atoms with Gasteiger partial charge in [-0.15, -0.1) is 0 Å². The molecule has 1 aromatic rings. The van der Waals surface area contributed by atoms with Crippen LogP contribution in [0.25, 0.3) is 0 Å². The van der Waals surface area contributed by atoms with Gasteiger partial charge in [0, 0.05) is 31.9 Å². The normalized spacial score (nSPS) is 24.3. The van der Waals surface area contributed by atoms with Crippen molar-refractivity contribution in [3.8, 4) is 0 Å². The van der Waals surface area contributed by atoms with Crippen LogP contribution in [0.15, 0.2) is 24.4 Å². The van der Waals surface area contributed by atoms with E-state index in [-0.39, 0.29) is 0 Å². The molecule has 0 N–H and O–H groups in total. The van der Waals surface area contributed by atoms with Gasteiger partial charge in [-0.2, -0.15) is 0 Å². The molecule has 3 rings (SSSR count). The van der Waals surface area contributed by atoms with Crippen LogP contribution in [0.1, 0.15) is 50.6 Å². The van der Waals surface area contributed by atoms with Crippen molar-refractivity contribution >= 4 is 0 Å². The van der Waals surface area contributed by atoms with Gasteiger partial charge in [0.05, 0.1) is 12.3 Å². The molecule has 1 aliphatic heterocycles. The maximum atomic E-state index is 5.68. The summed E-state index contributed by atoms with van der Waals surface area (Å²) in [5.41, 5.74) is 1.21. The topological polar surface area (TPSA) is 25.4 Å². The lowest BCUT2D eigenvalue weighted by Gasteiger charge is -2.37. The van der Waals surface area contributed by atoms with Crippen LogP contribution in [0.4, 0.5) is 0 Å². The quantitative estimate of drug-likeness (QED) is 0.827. The smallest absolute Gasteiger partial charge is 0.0544 e. The number of aromatic nitrogens is 1. The lowest BCUT2D eigenvalue weighted by Crippen LogP contribution is -2.41. The third-order valence-corrected chi connectivity index (χ3v) is 4.93. The Morgan fingerprint density at radius 3 is 2.71 bits per heavy atom. The Morgan fingerprint density at radius 2 is 2.00 bits per heavy atom. The van der Waals surface area contributed by atoms with Gasteiger partial charge in [-0.3, -0.25) is 9.88 Å². The minimum absolute atomic E-state index is 0.712. The molecule has 2 aliphatic rings. The number of nitrogens with zero attached hydrogens (tertiary/aromatic N) is 2. The van der Waals surface area contributed by atoms with Crippen molar-refractivity contribution < 1.29 is 4.74 Å². The van der Waals surface area contributed by atoms with Crippen molar-refractivity contribution in [1.82, 2.24) is 9.88 Å². The predicted octanol–water partition coefficient (Wildman–Crippen LogP) is 3.64. The van der Waals surface area contributed by atoms with Gasteiger partial charge in [-0.1, -0.05) is 25.3 Å². The molecule has 0 spiro atoms. The molecule has 0 radical (unpaired) electrons. The second-order valence-electron chi connectivity index (χ2n) is 6.63. The molecule has 3 heteroatoms. The Kier molecular flexibility index (Phi) is 5.64. The molecule has 3 nitrogen and oxygen atoms in total. The summed E-state index contributed by atoms with van der Waals surface area (Å²) in [7, 11) is 0. The van der Waals surface area contributed by atoms with E-state index in [0.29, 0.717) is 5.92 Å². The lowest BCUT2D eigenvalue weighted by atomic mass is 9.92. The van der Waals surface area contributed by atoms with Crippen molar-refractivity contribution in [2.45, 2.75) is 57.5 Å². The van der Waals surface area contributed by atoms with Gasteiger partial charge in [-0.25, -0.2) is 0 Å². The first kappa shape index (κ1) is 15.0. The fourth-order valence-electron chi connectivity index (χ4n) is 3.77. The molecule has 1 atom stereocenters. The van der Waals surface area contributed by atoms with Crippen molar-refractivity contribution in [1.29, 1.82) is 0 Å². The molecule has 0 amide bonds. The highest BCUT2D eigenvalue weighted by Crippen LogP contribution is 2.26. The van der Waals surface area contributed by atoms with E-state index in [9.17, 15) is 0 Å². The van der Waals surface area contributed by atoms with E-state index in [1.54, 1.807) is 0 Å². The molecule has 2 heterocycles.